The van der Waals surface area contributed by atoms with Crippen molar-refractivity contribution < 1.29 is 4.58 Å². The topological polar surface area (TPSA) is 90.0 Å². The zero-order valence-corrected chi connectivity index (χ0v) is 13.9. The normalized spacial score (nSPS) is 24.9. The minimum absolute atomic E-state index is 0.125. The lowest BCUT2D eigenvalue weighted by atomic mass is 9.99. The number of nitrogens with zero attached hydrogens (tertiary/aromatic N) is 3. The van der Waals surface area contributed by atoms with E-state index in [2.05, 4.69) is 65.2 Å². The number of aromatic amines is 1. The smallest absolute Gasteiger partial charge is 0.301 e. The molecule has 2 aliphatic rings. The molecule has 3 heterocycles. The summed E-state index contributed by atoms with van der Waals surface area (Å²) < 4.78 is 2.02. The van der Waals surface area contributed by atoms with Gasteiger partial charge in [-0.2, -0.15) is 4.98 Å². The van der Waals surface area contributed by atoms with Gasteiger partial charge in [0, 0.05) is 0 Å². The molecule has 3 atom stereocenters. The van der Waals surface area contributed by atoms with E-state index in [9.17, 15) is 4.79 Å². The Labute approximate surface area is 139 Å². The Hall–Kier alpha value is -2.83. The summed E-state index contributed by atoms with van der Waals surface area (Å²) in [5, 5.41) is 3.33. The largest absolute Gasteiger partial charge is 0.369 e. The van der Waals surface area contributed by atoms with E-state index in [-0.39, 0.29) is 29.6 Å². The Kier molecular flexibility index (Phi) is 3.13. The third kappa shape index (κ3) is 2.08. The van der Waals surface area contributed by atoms with Crippen molar-refractivity contribution in [1.29, 1.82) is 0 Å². The van der Waals surface area contributed by atoms with E-state index in [1.165, 1.54) is 5.56 Å². The van der Waals surface area contributed by atoms with Crippen LogP contribution in [0.5, 0.6) is 0 Å². The van der Waals surface area contributed by atoms with Gasteiger partial charge in [0.1, 0.15) is 11.7 Å². The van der Waals surface area contributed by atoms with Gasteiger partial charge in [0.25, 0.3) is 0 Å². The number of aromatic nitrogens is 2. The van der Waals surface area contributed by atoms with Crippen LogP contribution >= 0.6 is 0 Å². The number of aryl methyl sites for hydroxylation is 1. The lowest BCUT2D eigenvalue weighted by Crippen LogP contribution is -2.49. The van der Waals surface area contributed by atoms with Crippen molar-refractivity contribution in [3.8, 4) is 0 Å². The van der Waals surface area contributed by atoms with Gasteiger partial charge in [-0.3, -0.25) is 9.78 Å². The molecular weight excluding hydrogens is 304 g/mol. The van der Waals surface area contributed by atoms with Crippen LogP contribution in [0.2, 0.25) is 0 Å². The average molecular weight is 325 g/mol. The number of hydrogen-bond acceptors (Lipinski definition) is 5. The summed E-state index contributed by atoms with van der Waals surface area (Å²) in [4.78, 5) is 21.5. The summed E-state index contributed by atoms with van der Waals surface area (Å²) >= 11 is 0. The highest BCUT2D eigenvalue weighted by molar-refractivity contribution is 5.81. The maximum atomic E-state index is 12.4. The number of rotatable bonds is 1. The second-order valence-corrected chi connectivity index (χ2v) is 6.58. The Morgan fingerprint density at radius 1 is 1.25 bits per heavy atom. The monoisotopic (exact) mass is 325 g/mol. The Morgan fingerprint density at radius 3 is 2.67 bits per heavy atom. The molecule has 0 spiro atoms. The molecule has 0 aliphatic carbocycles. The summed E-state index contributed by atoms with van der Waals surface area (Å²) in [6, 6.07) is 8.87. The maximum absolute atomic E-state index is 12.4. The van der Waals surface area contributed by atoms with Crippen LogP contribution in [-0.4, -0.2) is 39.0 Å². The summed E-state index contributed by atoms with van der Waals surface area (Å²) in [5.41, 5.74) is 8.31. The van der Waals surface area contributed by atoms with Crippen LogP contribution in [0.15, 0.2) is 29.1 Å². The Morgan fingerprint density at radius 2 is 1.96 bits per heavy atom. The van der Waals surface area contributed by atoms with Crippen molar-refractivity contribution in [2.24, 2.45) is 0 Å². The molecular formula is C17H21N6O+. The van der Waals surface area contributed by atoms with Crippen LogP contribution in [-0.2, 0) is 0 Å². The van der Waals surface area contributed by atoms with Gasteiger partial charge < -0.3 is 11.1 Å². The van der Waals surface area contributed by atoms with Crippen LogP contribution in [0.1, 0.15) is 19.4 Å². The van der Waals surface area contributed by atoms with Gasteiger partial charge in [-0.05, 0) is 32.9 Å². The van der Waals surface area contributed by atoms with Crippen molar-refractivity contribution in [2.75, 3.05) is 16.0 Å². The van der Waals surface area contributed by atoms with E-state index in [0.29, 0.717) is 11.5 Å². The number of H-pyrrole nitrogens is 1. The molecule has 1 aromatic carbocycles. The predicted octanol–water partition coefficient (Wildman–Crippen LogP) is 1.42. The van der Waals surface area contributed by atoms with E-state index in [4.69, 9.17) is 5.73 Å². The lowest BCUT2D eigenvalue weighted by molar-refractivity contribution is -0.479. The summed E-state index contributed by atoms with van der Waals surface area (Å²) in [7, 11) is 0. The summed E-state index contributed by atoms with van der Waals surface area (Å²) in [6.45, 7) is 6.34. The highest BCUT2D eigenvalue weighted by Crippen LogP contribution is 2.34. The maximum Gasteiger partial charge on any atom is 0.301 e. The van der Waals surface area contributed by atoms with Crippen molar-refractivity contribution >= 4 is 29.5 Å². The standard InChI is InChI=1S/C17H20N6O/c1-9-4-6-12(7-5-9)22-8-23-13(11(22)3)10(2)19-15-14(23)16(24)21-17(18)20-15/h4-8,10-11,13H,1-3H3,(H3-,18,19,20,21,24)/p+1/t10-,11+,13+/m0/s1. The number of nitrogens with two attached hydrogens (primary N) is 1. The highest BCUT2D eigenvalue weighted by Gasteiger charge is 2.48. The van der Waals surface area contributed by atoms with Gasteiger partial charge in [-0.15, -0.1) is 0 Å². The Bertz CT molecular complexity index is 885. The molecule has 4 N–H and O–H groups in total. The van der Waals surface area contributed by atoms with E-state index < -0.39 is 0 Å². The highest BCUT2D eigenvalue weighted by atomic mass is 16.1. The molecule has 7 heteroatoms. The fourth-order valence-corrected chi connectivity index (χ4v) is 3.72. The first-order valence-electron chi connectivity index (χ1n) is 8.10. The molecule has 0 unspecified atom stereocenters. The molecule has 1 aromatic heterocycles. The fourth-order valence-electron chi connectivity index (χ4n) is 3.72. The van der Waals surface area contributed by atoms with Crippen LogP contribution < -0.4 is 21.5 Å². The zero-order valence-electron chi connectivity index (χ0n) is 13.9. The van der Waals surface area contributed by atoms with E-state index in [1.54, 1.807) is 0 Å². The predicted molar refractivity (Wildman–Crippen MR) is 95.2 cm³/mol. The van der Waals surface area contributed by atoms with Gasteiger partial charge in [0.2, 0.25) is 18.0 Å². The zero-order chi connectivity index (χ0) is 17.0. The number of nitrogen functional groups attached to an aromatic ring is 1. The summed E-state index contributed by atoms with van der Waals surface area (Å²) in [5.74, 6) is 0.661. The van der Waals surface area contributed by atoms with E-state index in [0.717, 1.165) is 5.69 Å². The molecule has 24 heavy (non-hydrogen) atoms. The molecule has 0 bridgehead atoms. The minimum Gasteiger partial charge on any atom is -0.369 e. The lowest BCUT2D eigenvalue weighted by Gasteiger charge is -2.30. The molecule has 0 saturated carbocycles. The van der Waals surface area contributed by atoms with Gasteiger partial charge >= 0.3 is 5.56 Å². The van der Waals surface area contributed by atoms with Gasteiger partial charge in [-0.25, -0.2) is 9.48 Å². The van der Waals surface area contributed by atoms with Crippen LogP contribution in [0.4, 0.5) is 23.1 Å². The molecule has 124 valence electrons. The average Bonchev–Trinajstić information content (AvgIpc) is 2.85. The minimum atomic E-state index is -0.226. The third-order valence-electron chi connectivity index (χ3n) is 4.88. The van der Waals surface area contributed by atoms with Crippen LogP contribution in [0, 0.1) is 6.92 Å². The number of nitrogens with one attached hydrogen (secondary N) is 2. The van der Waals surface area contributed by atoms with Crippen molar-refractivity contribution in [1.82, 2.24) is 9.97 Å². The second kappa shape index (κ2) is 5.09. The van der Waals surface area contributed by atoms with Gasteiger partial charge in [-0.1, -0.05) is 17.7 Å². The molecule has 4 rings (SSSR count). The first-order chi connectivity index (χ1) is 11.5. The molecule has 0 amide bonds. The van der Waals surface area contributed by atoms with Gasteiger partial charge in [0.05, 0.1) is 6.04 Å². The van der Waals surface area contributed by atoms with Crippen LogP contribution in [0.25, 0.3) is 0 Å². The molecule has 0 saturated heterocycles. The van der Waals surface area contributed by atoms with Crippen LogP contribution in [0.3, 0.4) is 0 Å². The SMILES string of the molecule is Cc1ccc(N2C=[N+]3c4c(nc(N)[nH]c4=O)N[C@@H](C)[C@@H]3[C@H]2C)cc1. The fraction of sp³-hybridized carbons (Fsp3) is 0.353. The number of fused-ring (bicyclic) bond motifs is 3. The molecule has 0 radical (unpaired) electrons. The molecule has 0 fully saturated rings. The Balaban J connectivity index is 1.85. The third-order valence-corrected chi connectivity index (χ3v) is 4.88. The first kappa shape index (κ1) is 14.7. The van der Waals surface area contributed by atoms with E-state index in [1.807, 2.05) is 10.9 Å². The van der Waals surface area contributed by atoms with Crippen molar-refractivity contribution in [3.63, 3.8) is 0 Å². The number of benzene rings is 1. The molecule has 2 aromatic rings. The quantitative estimate of drug-likeness (QED) is 0.690. The second-order valence-electron chi connectivity index (χ2n) is 6.58. The van der Waals surface area contributed by atoms with Crippen molar-refractivity contribution in [2.45, 2.75) is 38.9 Å². The summed E-state index contributed by atoms with van der Waals surface area (Å²) in [6.07, 6.45) is 2.00. The van der Waals surface area contributed by atoms with Crippen molar-refractivity contribution in [3.05, 3.63) is 40.2 Å². The first-order valence-corrected chi connectivity index (χ1v) is 8.10. The number of anilines is 3. The molecule has 7 nitrogen and oxygen atoms in total. The number of hydrogen-bond donors (Lipinski definition) is 3. The van der Waals surface area contributed by atoms with Gasteiger partial charge in [0.15, 0.2) is 11.9 Å². The molecule has 2 aliphatic heterocycles. The van der Waals surface area contributed by atoms with E-state index >= 15 is 0 Å².